The molecule has 0 aliphatic carbocycles. The van der Waals surface area contributed by atoms with Gasteiger partial charge in [-0.15, -0.1) is 11.3 Å². The number of carbonyl (C=O) groups excluding carboxylic acids is 1. The Morgan fingerprint density at radius 3 is 3.13 bits per heavy atom. The summed E-state index contributed by atoms with van der Waals surface area (Å²) >= 11 is 1.33. The number of nitrogens with one attached hydrogen (secondary N) is 1. The van der Waals surface area contributed by atoms with Crippen LogP contribution in [0.4, 0.5) is 5.82 Å². The fourth-order valence-electron chi connectivity index (χ4n) is 1.21. The summed E-state index contributed by atoms with van der Waals surface area (Å²) in [6.45, 7) is 0. The fourth-order valence-corrected chi connectivity index (χ4v) is 2.11. The van der Waals surface area contributed by atoms with Crippen LogP contribution in [0.2, 0.25) is 0 Å². The second-order valence-electron chi connectivity index (χ2n) is 2.72. The molecule has 0 unspecified atom stereocenters. The normalized spacial score (nSPS) is 10.5. The second-order valence-corrected chi connectivity index (χ2v) is 3.58. The monoisotopic (exact) mass is 224 g/mol. The largest absolute Gasteiger partial charge is 0.383 e. The van der Waals surface area contributed by atoms with Crippen LogP contribution in [-0.2, 0) is 4.84 Å². The van der Waals surface area contributed by atoms with Crippen molar-refractivity contribution in [1.82, 2.24) is 15.4 Å². The molecular formula is C8H8N4O2S. The van der Waals surface area contributed by atoms with Crippen LogP contribution in [0.1, 0.15) is 10.4 Å². The third-order valence-electron chi connectivity index (χ3n) is 1.84. The molecule has 1 amide bonds. The molecule has 0 saturated carbocycles. The van der Waals surface area contributed by atoms with Gasteiger partial charge in [-0.3, -0.25) is 9.63 Å². The van der Waals surface area contributed by atoms with Gasteiger partial charge in [-0.05, 0) is 0 Å². The lowest BCUT2D eigenvalue weighted by Crippen LogP contribution is -2.21. The molecule has 2 aromatic rings. The summed E-state index contributed by atoms with van der Waals surface area (Å²) in [7, 11) is 1.37. The van der Waals surface area contributed by atoms with Gasteiger partial charge in [-0.2, -0.15) is 0 Å². The van der Waals surface area contributed by atoms with E-state index in [-0.39, 0.29) is 5.91 Å². The molecule has 6 nitrogen and oxygen atoms in total. The highest BCUT2D eigenvalue weighted by Gasteiger charge is 2.15. The summed E-state index contributed by atoms with van der Waals surface area (Å²) in [5.41, 5.74) is 8.32. The first-order valence-electron chi connectivity index (χ1n) is 4.05. The first kappa shape index (κ1) is 9.81. The van der Waals surface area contributed by atoms with E-state index in [0.29, 0.717) is 21.6 Å². The van der Waals surface area contributed by atoms with Crippen molar-refractivity contribution in [2.45, 2.75) is 0 Å². The van der Waals surface area contributed by atoms with Crippen molar-refractivity contribution in [2.24, 2.45) is 0 Å². The van der Waals surface area contributed by atoms with Crippen LogP contribution in [-0.4, -0.2) is 23.0 Å². The quantitative estimate of drug-likeness (QED) is 0.727. The molecule has 2 aromatic heterocycles. The van der Waals surface area contributed by atoms with E-state index in [2.05, 4.69) is 20.3 Å². The number of rotatable bonds is 2. The van der Waals surface area contributed by atoms with Gasteiger partial charge in [0.1, 0.15) is 17.0 Å². The number of nitrogen functional groups attached to an aromatic ring is 1. The van der Waals surface area contributed by atoms with Crippen LogP contribution in [0.15, 0.2) is 11.7 Å². The number of anilines is 1. The Bertz CT molecular complexity index is 510. The van der Waals surface area contributed by atoms with E-state index in [0.717, 1.165) is 0 Å². The lowest BCUT2D eigenvalue weighted by atomic mass is 10.2. The van der Waals surface area contributed by atoms with Gasteiger partial charge in [-0.25, -0.2) is 15.4 Å². The van der Waals surface area contributed by atoms with Crippen molar-refractivity contribution in [2.75, 3.05) is 12.8 Å². The Kier molecular flexibility index (Phi) is 2.48. The number of hydroxylamine groups is 1. The van der Waals surface area contributed by atoms with Gasteiger partial charge in [0.25, 0.3) is 5.91 Å². The molecule has 0 radical (unpaired) electrons. The number of fused-ring (bicyclic) bond motifs is 1. The molecule has 0 saturated heterocycles. The van der Waals surface area contributed by atoms with Crippen LogP contribution >= 0.6 is 11.3 Å². The van der Waals surface area contributed by atoms with Gasteiger partial charge in [-0.1, -0.05) is 0 Å². The van der Waals surface area contributed by atoms with E-state index in [1.54, 1.807) is 5.38 Å². The number of hydrogen-bond acceptors (Lipinski definition) is 6. The van der Waals surface area contributed by atoms with Crippen molar-refractivity contribution in [3.63, 3.8) is 0 Å². The van der Waals surface area contributed by atoms with Crippen LogP contribution in [0.5, 0.6) is 0 Å². The third-order valence-corrected chi connectivity index (χ3v) is 2.73. The minimum absolute atomic E-state index is 0.294. The maximum Gasteiger partial charge on any atom is 0.276 e. The minimum Gasteiger partial charge on any atom is -0.383 e. The van der Waals surface area contributed by atoms with Crippen molar-refractivity contribution in [3.05, 3.63) is 17.3 Å². The Hall–Kier alpha value is -1.73. The molecule has 0 bridgehead atoms. The zero-order valence-electron chi connectivity index (χ0n) is 7.85. The summed E-state index contributed by atoms with van der Waals surface area (Å²) in [6, 6.07) is 0. The van der Waals surface area contributed by atoms with Crippen molar-refractivity contribution in [1.29, 1.82) is 0 Å². The molecule has 15 heavy (non-hydrogen) atoms. The van der Waals surface area contributed by atoms with Crippen LogP contribution in [0.25, 0.3) is 10.2 Å². The molecule has 2 heterocycles. The van der Waals surface area contributed by atoms with Crippen molar-refractivity contribution >= 4 is 33.3 Å². The van der Waals surface area contributed by atoms with E-state index in [1.807, 2.05) is 0 Å². The average molecular weight is 224 g/mol. The Morgan fingerprint density at radius 2 is 2.40 bits per heavy atom. The topological polar surface area (TPSA) is 90.1 Å². The lowest BCUT2D eigenvalue weighted by molar-refractivity contribution is 0.0540. The standard InChI is InChI=1S/C8H8N4O2S/c1-14-12-7(13)4-2-15-8-5(4)6(9)10-3-11-8/h2-3H,1H3,(H,12,13)(H2,9,10,11). The molecule has 0 fully saturated rings. The highest BCUT2D eigenvalue weighted by atomic mass is 32.1. The Labute approximate surface area is 89.0 Å². The summed E-state index contributed by atoms with van der Waals surface area (Å²) in [5.74, 6) is -0.0623. The summed E-state index contributed by atoms with van der Waals surface area (Å²) in [6.07, 6.45) is 1.37. The molecule has 0 aromatic carbocycles. The highest BCUT2D eigenvalue weighted by molar-refractivity contribution is 7.17. The molecule has 78 valence electrons. The molecule has 0 atom stereocenters. The lowest BCUT2D eigenvalue weighted by Gasteiger charge is -2.00. The predicted octanol–water partition coefficient (Wildman–Crippen LogP) is 0.565. The van der Waals surface area contributed by atoms with Gasteiger partial charge in [0.15, 0.2) is 0 Å². The maximum absolute atomic E-state index is 11.5. The van der Waals surface area contributed by atoms with Gasteiger partial charge in [0.05, 0.1) is 18.1 Å². The molecular weight excluding hydrogens is 216 g/mol. The van der Waals surface area contributed by atoms with E-state index in [4.69, 9.17) is 5.73 Å². The van der Waals surface area contributed by atoms with E-state index < -0.39 is 0 Å². The number of nitrogens with two attached hydrogens (primary N) is 1. The zero-order chi connectivity index (χ0) is 10.8. The SMILES string of the molecule is CONC(=O)c1csc2ncnc(N)c12. The van der Waals surface area contributed by atoms with E-state index in [1.165, 1.54) is 24.8 Å². The van der Waals surface area contributed by atoms with Crippen LogP contribution in [0.3, 0.4) is 0 Å². The van der Waals surface area contributed by atoms with Crippen LogP contribution in [0, 0.1) is 0 Å². The smallest absolute Gasteiger partial charge is 0.276 e. The first-order chi connectivity index (χ1) is 7.24. The van der Waals surface area contributed by atoms with Gasteiger partial charge in [0.2, 0.25) is 0 Å². The molecule has 0 aliphatic rings. The van der Waals surface area contributed by atoms with Gasteiger partial charge < -0.3 is 5.73 Å². The second kappa shape index (κ2) is 3.79. The zero-order valence-corrected chi connectivity index (χ0v) is 8.67. The highest BCUT2D eigenvalue weighted by Crippen LogP contribution is 2.27. The molecule has 7 heteroatoms. The summed E-state index contributed by atoms with van der Waals surface area (Å²) < 4.78 is 0. The van der Waals surface area contributed by atoms with Crippen LogP contribution < -0.4 is 11.2 Å². The molecule has 0 aliphatic heterocycles. The molecule has 2 rings (SSSR count). The number of nitrogens with zero attached hydrogens (tertiary/aromatic N) is 2. The van der Waals surface area contributed by atoms with Crippen molar-refractivity contribution in [3.8, 4) is 0 Å². The number of amides is 1. The van der Waals surface area contributed by atoms with Crippen molar-refractivity contribution < 1.29 is 9.63 Å². The fraction of sp³-hybridized carbons (Fsp3) is 0.125. The predicted molar refractivity (Wildman–Crippen MR) is 56.3 cm³/mol. The van der Waals surface area contributed by atoms with Gasteiger partial charge >= 0.3 is 0 Å². The maximum atomic E-state index is 11.5. The van der Waals surface area contributed by atoms with E-state index >= 15 is 0 Å². The molecule has 0 spiro atoms. The minimum atomic E-state index is -0.356. The number of carbonyl (C=O) groups is 1. The van der Waals surface area contributed by atoms with Gasteiger partial charge in [0, 0.05) is 5.38 Å². The first-order valence-corrected chi connectivity index (χ1v) is 4.93. The average Bonchev–Trinajstić information content (AvgIpc) is 2.63. The Balaban J connectivity index is 2.57. The summed E-state index contributed by atoms with van der Waals surface area (Å²) in [4.78, 5) is 24.6. The molecule has 3 N–H and O–H groups in total. The third kappa shape index (κ3) is 1.62. The number of thiophene rings is 1. The Morgan fingerprint density at radius 1 is 1.60 bits per heavy atom. The van der Waals surface area contributed by atoms with E-state index in [9.17, 15) is 4.79 Å². The number of aromatic nitrogens is 2. The number of hydrogen-bond donors (Lipinski definition) is 2. The summed E-state index contributed by atoms with van der Waals surface area (Å²) in [5, 5.41) is 2.24.